The zero-order chi connectivity index (χ0) is 15.8. The summed E-state index contributed by atoms with van der Waals surface area (Å²) >= 11 is 6.33. The molecule has 120 valence electrons. The third kappa shape index (κ3) is 6.12. The second kappa shape index (κ2) is 9.13. The number of methoxy groups -OCH3 is 2. The molecule has 4 nitrogen and oxygen atoms in total. The molecule has 1 aromatic carbocycles. The summed E-state index contributed by atoms with van der Waals surface area (Å²) in [6, 6.07) is 3.86. The molecule has 0 aliphatic heterocycles. The predicted molar refractivity (Wildman–Crippen MR) is 86.5 cm³/mol. The summed E-state index contributed by atoms with van der Waals surface area (Å²) < 4.78 is 16.3. The fourth-order valence-electron chi connectivity index (χ4n) is 1.96. The summed E-state index contributed by atoms with van der Waals surface area (Å²) in [6.45, 7) is 8.49. The minimum Gasteiger partial charge on any atom is -0.493 e. The highest BCUT2D eigenvalue weighted by molar-refractivity contribution is 6.32. The van der Waals surface area contributed by atoms with Gasteiger partial charge in [0.25, 0.3) is 0 Å². The summed E-state index contributed by atoms with van der Waals surface area (Å²) in [4.78, 5) is 0. The molecule has 0 fully saturated rings. The van der Waals surface area contributed by atoms with Gasteiger partial charge in [0.2, 0.25) is 0 Å². The lowest BCUT2D eigenvalue weighted by molar-refractivity contribution is 0.0900. The van der Waals surface area contributed by atoms with E-state index >= 15 is 0 Å². The van der Waals surface area contributed by atoms with E-state index in [1.165, 1.54) is 0 Å². The maximum absolute atomic E-state index is 6.33. The normalized spacial score (nSPS) is 12.5. The predicted octanol–water partition coefficient (Wildman–Crippen LogP) is 3.51. The van der Waals surface area contributed by atoms with Crippen molar-refractivity contribution in [2.75, 3.05) is 27.4 Å². The Labute approximate surface area is 132 Å². The summed E-state index contributed by atoms with van der Waals surface area (Å²) in [5, 5.41) is 3.94. The molecule has 1 N–H and O–H groups in total. The summed E-state index contributed by atoms with van der Waals surface area (Å²) in [5.41, 5.74) is 1.07. The van der Waals surface area contributed by atoms with Gasteiger partial charge in [-0.1, -0.05) is 25.4 Å². The Bertz CT molecular complexity index is 438. The third-order valence-electron chi connectivity index (χ3n) is 2.89. The van der Waals surface area contributed by atoms with E-state index in [2.05, 4.69) is 19.2 Å². The van der Waals surface area contributed by atoms with Gasteiger partial charge >= 0.3 is 0 Å². The summed E-state index contributed by atoms with van der Waals surface area (Å²) in [7, 11) is 3.26. The number of ether oxygens (including phenoxy) is 3. The molecular weight excluding hydrogens is 290 g/mol. The highest BCUT2D eigenvalue weighted by atomic mass is 35.5. The molecule has 5 heteroatoms. The van der Waals surface area contributed by atoms with Crippen molar-refractivity contribution in [2.45, 2.75) is 33.4 Å². The Morgan fingerprint density at radius 3 is 2.48 bits per heavy atom. The Kier molecular flexibility index (Phi) is 7.86. The van der Waals surface area contributed by atoms with Crippen LogP contribution in [-0.4, -0.2) is 33.5 Å². The number of benzene rings is 1. The van der Waals surface area contributed by atoms with E-state index in [1.54, 1.807) is 14.2 Å². The molecule has 0 spiro atoms. The van der Waals surface area contributed by atoms with Crippen molar-refractivity contribution in [3.63, 3.8) is 0 Å². The zero-order valence-corrected chi connectivity index (χ0v) is 14.3. The molecule has 0 saturated heterocycles. The fraction of sp³-hybridized carbons (Fsp3) is 0.625. The van der Waals surface area contributed by atoms with Crippen LogP contribution in [0.1, 0.15) is 26.3 Å². The molecule has 1 unspecified atom stereocenters. The molecular formula is C16H26ClNO3. The van der Waals surface area contributed by atoms with Gasteiger partial charge in [-0.05, 0) is 37.1 Å². The van der Waals surface area contributed by atoms with Crippen molar-refractivity contribution in [2.24, 2.45) is 5.92 Å². The number of hydrogen-bond donors (Lipinski definition) is 1. The maximum atomic E-state index is 6.33. The molecule has 0 heterocycles. The highest BCUT2D eigenvalue weighted by Gasteiger charge is 2.15. The summed E-state index contributed by atoms with van der Waals surface area (Å²) in [6.07, 6.45) is -0.0914. The highest BCUT2D eigenvalue weighted by Crippen LogP contribution is 2.37. The average Bonchev–Trinajstić information content (AvgIpc) is 2.41. The van der Waals surface area contributed by atoms with Crippen molar-refractivity contribution in [1.29, 1.82) is 0 Å². The largest absolute Gasteiger partial charge is 0.493 e. The minimum absolute atomic E-state index is 0.0914. The quantitative estimate of drug-likeness (QED) is 0.757. The molecule has 1 rings (SSSR count). The molecule has 0 aliphatic carbocycles. The lowest BCUT2D eigenvalue weighted by Crippen LogP contribution is -2.20. The molecule has 21 heavy (non-hydrogen) atoms. The fourth-order valence-corrected chi connectivity index (χ4v) is 2.24. The SMILES string of the molecule is COCC(C)Oc1c(Cl)cc(CNCC(C)C)cc1OC. The third-order valence-corrected chi connectivity index (χ3v) is 3.17. The van der Waals surface area contributed by atoms with Gasteiger partial charge in [0.1, 0.15) is 6.10 Å². The van der Waals surface area contributed by atoms with Crippen LogP contribution >= 0.6 is 11.6 Å². The first-order valence-electron chi connectivity index (χ1n) is 7.20. The van der Waals surface area contributed by atoms with Gasteiger partial charge in [0.05, 0.1) is 18.7 Å². The molecule has 1 aromatic rings. The van der Waals surface area contributed by atoms with E-state index in [0.29, 0.717) is 29.0 Å². The molecule has 0 amide bonds. The van der Waals surface area contributed by atoms with Crippen molar-refractivity contribution in [3.8, 4) is 11.5 Å². The Morgan fingerprint density at radius 2 is 1.90 bits per heavy atom. The van der Waals surface area contributed by atoms with E-state index < -0.39 is 0 Å². The summed E-state index contributed by atoms with van der Waals surface area (Å²) in [5.74, 6) is 1.82. The Balaban J connectivity index is 2.81. The molecule has 0 aromatic heterocycles. The van der Waals surface area contributed by atoms with Crippen LogP contribution < -0.4 is 14.8 Å². The zero-order valence-electron chi connectivity index (χ0n) is 13.5. The molecule has 0 aliphatic rings. The van der Waals surface area contributed by atoms with Crippen LogP contribution in [0.25, 0.3) is 0 Å². The van der Waals surface area contributed by atoms with Gasteiger partial charge in [-0.15, -0.1) is 0 Å². The van der Waals surface area contributed by atoms with Gasteiger partial charge in [-0.25, -0.2) is 0 Å². The molecule has 0 radical (unpaired) electrons. The first-order valence-corrected chi connectivity index (χ1v) is 7.58. The lowest BCUT2D eigenvalue weighted by Gasteiger charge is -2.18. The lowest BCUT2D eigenvalue weighted by atomic mass is 10.1. The van der Waals surface area contributed by atoms with Crippen LogP contribution in [0.2, 0.25) is 5.02 Å². The topological polar surface area (TPSA) is 39.7 Å². The maximum Gasteiger partial charge on any atom is 0.180 e. The van der Waals surface area contributed by atoms with Crippen molar-refractivity contribution >= 4 is 11.6 Å². The minimum atomic E-state index is -0.0914. The molecule has 1 atom stereocenters. The molecule has 0 saturated carbocycles. The second-order valence-corrected chi connectivity index (χ2v) is 5.92. The standard InChI is InChI=1S/C16H26ClNO3/c1-11(2)8-18-9-13-6-14(17)16(15(7-13)20-5)21-12(3)10-19-4/h6-7,11-12,18H,8-10H2,1-5H3. The Morgan fingerprint density at radius 1 is 1.19 bits per heavy atom. The van der Waals surface area contributed by atoms with Gasteiger partial charge in [0.15, 0.2) is 11.5 Å². The van der Waals surface area contributed by atoms with Crippen molar-refractivity contribution < 1.29 is 14.2 Å². The van der Waals surface area contributed by atoms with E-state index in [9.17, 15) is 0 Å². The number of nitrogens with one attached hydrogen (secondary N) is 1. The smallest absolute Gasteiger partial charge is 0.180 e. The second-order valence-electron chi connectivity index (χ2n) is 5.52. The van der Waals surface area contributed by atoms with Gasteiger partial charge in [-0.3, -0.25) is 0 Å². The van der Waals surface area contributed by atoms with Crippen LogP contribution in [0.3, 0.4) is 0 Å². The Hall–Kier alpha value is -0.970. The number of halogens is 1. The monoisotopic (exact) mass is 315 g/mol. The van der Waals surface area contributed by atoms with Gasteiger partial charge in [0, 0.05) is 13.7 Å². The first-order chi connectivity index (χ1) is 9.97. The number of rotatable bonds is 9. The van der Waals surface area contributed by atoms with Crippen LogP contribution in [0.4, 0.5) is 0 Å². The first kappa shape index (κ1) is 18.1. The van der Waals surface area contributed by atoms with Gasteiger partial charge < -0.3 is 19.5 Å². The van der Waals surface area contributed by atoms with Crippen LogP contribution in [0.15, 0.2) is 12.1 Å². The molecule has 0 bridgehead atoms. The van der Waals surface area contributed by atoms with Crippen molar-refractivity contribution in [3.05, 3.63) is 22.7 Å². The van der Waals surface area contributed by atoms with Crippen LogP contribution in [0, 0.1) is 5.92 Å². The van der Waals surface area contributed by atoms with E-state index in [-0.39, 0.29) is 6.10 Å². The van der Waals surface area contributed by atoms with Gasteiger partial charge in [-0.2, -0.15) is 0 Å². The number of hydrogen-bond acceptors (Lipinski definition) is 4. The van der Waals surface area contributed by atoms with Crippen molar-refractivity contribution in [1.82, 2.24) is 5.32 Å². The van der Waals surface area contributed by atoms with Crippen LogP contribution in [0.5, 0.6) is 11.5 Å². The van der Waals surface area contributed by atoms with E-state index in [1.807, 2.05) is 19.1 Å². The average molecular weight is 316 g/mol. The van der Waals surface area contributed by atoms with E-state index in [4.69, 9.17) is 25.8 Å². The van der Waals surface area contributed by atoms with E-state index in [0.717, 1.165) is 18.7 Å². The van der Waals surface area contributed by atoms with Crippen LogP contribution in [-0.2, 0) is 11.3 Å².